The van der Waals surface area contributed by atoms with Gasteiger partial charge in [0.2, 0.25) is 5.91 Å². The summed E-state index contributed by atoms with van der Waals surface area (Å²) >= 11 is 1.34. The average molecular weight is 472 g/mol. The smallest absolute Gasteiger partial charge is 0.255 e. The molecule has 34 heavy (non-hydrogen) atoms. The number of benzene rings is 3. The number of carbonyl (C=O) groups is 2. The van der Waals surface area contributed by atoms with E-state index in [1.807, 2.05) is 85.3 Å². The number of carbonyl (C=O) groups excluding carboxylic acids is 2. The highest BCUT2D eigenvalue weighted by molar-refractivity contribution is 7.99. The lowest BCUT2D eigenvalue weighted by Crippen LogP contribution is -2.24. The summed E-state index contributed by atoms with van der Waals surface area (Å²) in [4.78, 5) is 24.6. The molecule has 0 aliphatic carbocycles. The van der Waals surface area contributed by atoms with Gasteiger partial charge in [0.15, 0.2) is 11.0 Å². The molecule has 2 amide bonds. The minimum Gasteiger partial charge on any atom is -0.351 e. The van der Waals surface area contributed by atoms with E-state index in [9.17, 15) is 9.59 Å². The molecule has 8 heteroatoms. The van der Waals surface area contributed by atoms with Crippen LogP contribution in [0.2, 0.25) is 0 Å². The lowest BCUT2D eigenvalue weighted by molar-refractivity contribution is -0.118. The first kappa shape index (κ1) is 23.3. The highest BCUT2D eigenvalue weighted by Crippen LogP contribution is 2.24. The lowest BCUT2D eigenvalue weighted by atomic mass is 10.1. The molecule has 0 fully saturated rings. The molecular formula is C26H25N5O2S. The fourth-order valence-electron chi connectivity index (χ4n) is 3.28. The van der Waals surface area contributed by atoms with Crippen molar-refractivity contribution in [1.29, 1.82) is 0 Å². The van der Waals surface area contributed by atoms with Gasteiger partial charge in [0, 0.05) is 30.4 Å². The second-order valence-electron chi connectivity index (χ2n) is 7.81. The third-order valence-electron chi connectivity index (χ3n) is 5.21. The predicted molar refractivity (Wildman–Crippen MR) is 135 cm³/mol. The lowest BCUT2D eigenvalue weighted by Gasteiger charge is -2.08. The SMILES string of the molecule is Cc1ccc(C(=O)Nc2ccc(-c3nnc(SCC(=O)NCc4ccccc4)n3C)cc2)cc1. The van der Waals surface area contributed by atoms with Gasteiger partial charge in [0.25, 0.3) is 5.91 Å². The monoisotopic (exact) mass is 471 g/mol. The fourth-order valence-corrected chi connectivity index (χ4v) is 4.02. The zero-order valence-electron chi connectivity index (χ0n) is 19.0. The number of rotatable bonds is 8. The maximum absolute atomic E-state index is 12.4. The largest absolute Gasteiger partial charge is 0.351 e. The molecule has 4 aromatic rings. The molecular weight excluding hydrogens is 446 g/mol. The van der Waals surface area contributed by atoms with Gasteiger partial charge in [-0.05, 0) is 48.9 Å². The standard InChI is InChI=1S/C26H25N5O2S/c1-18-8-10-21(11-9-18)25(33)28-22-14-12-20(13-15-22)24-29-30-26(31(24)2)34-17-23(32)27-16-19-6-4-3-5-7-19/h3-15H,16-17H2,1-2H3,(H,27,32)(H,28,33). The Morgan fingerprint density at radius 1 is 0.912 bits per heavy atom. The number of nitrogens with one attached hydrogen (secondary N) is 2. The van der Waals surface area contributed by atoms with Crippen LogP contribution in [0.5, 0.6) is 0 Å². The molecule has 0 radical (unpaired) electrons. The summed E-state index contributed by atoms with van der Waals surface area (Å²) in [7, 11) is 1.87. The molecule has 1 heterocycles. The summed E-state index contributed by atoms with van der Waals surface area (Å²) < 4.78 is 1.86. The van der Waals surface area contributed by atoms with Gasteiger partial charge in [-0.15, -0.1) is 10.2 Å². The molecule has 2 N–H and O–H groups in total. The van der Waals surface area contributed by atoms with E-state index in [2.05, 4.69) is 20.8 Å². The van der Waals surface area contributed by atoms with Crippen molar-refractivity contribution in [3.05, 3.63) is 95.6 Å². The molecule has 0 saturated heterocycles. The predicted octanol–water partition coefficient (Wildman–Crippen LogP) is 4.45. The Bertz CT molecular complexity index is 1270. The van der Waals surface area contributed by atoms with E-state index in [1.165, 1.54) is 11.8 Å². The molecule has 0 bridgehead atoms. The van der Waals surface area contributed by atoms with Gasteiger partial charge in [0.05, 0.1) is 5.75 Å². The number of aromatic nitrogens is 3. The summed E-state index contributed by atoms with van der Waals surface area (Å²) in [6.45, 7) is 2.48. The van der Waals surface area contributed by atoms with Gasteiger partial charge < -0.3 is 15.2 Å². The van der Waals surface area contributed by atoms with Gasteiger partial charge >= 0.3 is 0 Å². The maximum atomic E-state index is 12.4. The molecule has 0 saturated carbocycles. The van der Waals surface area contributed by atoms with Crippen LogP contribution < -0.4 is 10.6 Å². The Morgan fingerprint density at radius 3 is 2.32 bits per heavy atom. The quantitative estimate of drug-likeness (QED) is 0.371. The number of aryl methyl sites for hydroxylation is 1. The van der Waals surface area contributed by atoms with Crippen LogP contribution in [0.15, 0.2) is 84.0 Å². The minimum atomic E-state index is -0.157. The van der Waals surface area contributed by atoms with Crippen LogP contribution in [0.4, 0.5) is 5.69 Å². The zero-order chi connectivity index (χ0) is 23.9. The average Bonchev–Trinajstić information content (AvgIpc) is 3.23. The van der Waals surface area contributed by atoms with Crippen molar-refractivity contribution in [1.82, 2.24) is 20.1 Å². The number of hydrogen-bond donors (Lipinski definition) is 2. The van der Waals surface area contributed by atoms with E-state index in [1.54, 1.807) is 12.1 Å². The van der Waals surface area contributed by atoms with Crippen LogP contribution in [0.1, 0.15) is 21.5 Å². The van der Waals surface area contributed by atoms with Crippen molar-refractivity contribution in [2.24, 2.45) is 7.05 Å². The van der Waals surface area contributed by atoms with E-state index in [0.29, 0.717) is 28.8 Å². The maximum Gasteiger partial charge on any atom is 0.255 e. The van der Waals surface area contributed by atoms with E-state index in [4.69, 9.17) is 0 Å². The Hall–Kier alpha value is -3.91. The summed E-state index contributed by atoms with van der Waals surface area (Å²) in [5, 5.41) is 15.0. The van der Waals surface area contributed by atoms with Gasteiger partial charge in [-0.2, -0.15) is 0 Å². The van der Waals surface area contributed by atoms with Crippen LogP contribution in [-0.4, -0.2) is 32.3 Å². The molecule has 0 spiro atoms. The summed E-state index contributed by atoms with van der Waals surface area (Å²) in [5.74, 6) is 0.717. The van der Waals surface area contributed by atoms with Gasteiger partial charge in [-0.3, -0.25) is 9.59 Å². The van der Waals surface area contributed by atoms with E-state index < -0.39 is 0 Å². The van der Waals surface area contributed by atoms with Crippen LogP contribution >= 0.6 is 11.8 Å². The van der Waals surface area contributed by atoms with Gasteiger partial charge in [-0.25, -0.2) is 0 Å². The highest BCUT2D eigenvalue weighted by Gasteiger charge is 2.13. The molecule has 172 valence electrons. The number of anilines is 1. The molecule has 3 aromatic carbocycles. The Morgan fingerprint density at radius 2 is 1.62 bits per heavy atom. The molecule has 4 rings (SSSR count). The van der Waals surface area contributed by atoms with Crippen LogP contribution in [0.3, 0.4) is 0 Å². The minimum absolute atomic E-state index is 0.0629. The van der Waals surface area contributed by atoms with E-state index in [-0.39, 0.29) is 17.6 Å². The third-order valence-corrected chi connectivity index (χ3v) is 6.23. The topological polar surface area (TPSA) is 88.9 Å². The molecule has 0 atom stereocenters. The Labute approximate surface area is 202 Å². The second-order valence-corrected chi connectivity index (χ2v) is 8.76. The first-order chi connectivity index (χ1) is 16.5. The molecule has 0 aliphatic rings. The highest BCUT2D eigenvalue weighted by atomic mass is 32.2. The first-order valence-electron chi connectivity index (χ1n) is 10.8. The van der Waals surface area contributed by atoms with Crippen LogP contribution in [0.25, 0.3) is 11.4 Å². The zero-order valence-corrected chi connectivity index (χ0v) is 19.8. The Balaban J connectivity index is 1.33. The van der Waals surface area contributed by atoms with Crippen LogP contribution in [-0.2, 0) is 18.4 Å². The number of nitrogens with zero attached hydrogens (tertiary/aromatic N) is 3. The Kier molecular flexibility index (Phi) is 7.39. The van der Waals surface area contributed by atoms with Gasteiger partial charge in [0.1, 0.15) is 0 Å². The van der Waals surface area contributed by atoms with Crippen molar-refractivity contribution < 1.29 is 9.59 Å². The van der Waals surface area contributed by atoms with Crippen molar-refractivity contribution in [2.45, 2.75) is 18.6 Å². The van der Waals surface area contributed by atoms with Crippen LogP contribution in [0, 0.1) is 6.92 Å². The summed E-state index contributed by atoms with van der Waals surface area (Å²) in [6.07, 6.45) is 0. The molecule has 0 aliphatic heterocycles. The molecule has 7 nitrogen and oxygen atoms in total. The first-order valence-corrected chi connectivity index (χ1v) is 11.8. The molecule has 0 unspecified atom stereocenters. The number of thioether (sulfide) groups is 1. The van der Waals surface area contributed by atoms with Gasteiger partial charge in [-0.1, -0.05) is 59.8 Å². The summed E-state index contributed by atoms with van der Waals surface area (Å²) in [6, 6.07) is 24.7. The fraction of sp³-hybridized carbons (Fsp3) is 0.154. The van der Waals surface area contributed by atoms with Crippen molar-refractivity contribution in [3.8, 4) is 11.4 Å². The van der Waals surface area contributed by atoms with E-state index >= 15 is 0 Å². The van der Waals surface area contributed by atoms with E-state index in [0.717, 1.165) is 16.7 Å². The third kappa shape index (κ3) is 5.90. The summed E-state index contributed by atoms with van der Waals surface area (Å²) in [5.41, 5.74) is 4.33. The normalized spacial score (nSPS) is 10.6. The van der Waals surface area contributed by atoms with Crippen molar-refractivity contribution >= 4 is 29.3 Å². The number of hydrogen-bond acceptors (Lipinski definition) is 5. The van der Waals surface area contributed by atoms with Crippen molar-refractivity contribution in [2.75, 3.05) is 11.1 Å². The molecule has 1 aromatic heterocycles. The van der Waals surface area contributed by atoms with Crippen molar-refractivity contribution in [3.63, 3.8) is 0 Å². The second kappa shape index (κ2) is 10.8. The number of amides is 2.